The van der Waals surface area contributed by atoms with Crippen LogP contribution < -0.4 is 5.32 Å². The quantitative estimate of drug-likeness (QED) is 0.806. The number of anilines is 1. The van der Waals surface area contributed by atoms with Gasteiger partial charge in [0.2, 0.25) is 0 Å². The lowest BCUT2D eigenvalue weighted by molar-refractivity contribution is 0.0692. The van der Waals surface area contributed by atoms with Crippen molar-refractivity contribution in [3.8, 4) is 0 Å². The van der Waals surface area contributed by atoms with Crippen LogP contribution in [0, 0.1) is 5.82 Å². The van der Waals surface area contributed by atoms with Gasteiger partial charge in [0, 0.05) is 16.4 Å². The summed E-state index contributed by atoms with van der Waals surface area (Å²) in [5, 5.41) is 11.1. The first-order valence-electron chi connectivity index (χ1n) is 5.53. The molecule has 1 aromatic heterocycles. The molecule has 1 heterocycles. The number of pyridine rings is 1. The van der Waals surface area contributed by atoms with Gasteiger partial charge in [-0.15, -0.1) is 0 Å². The summed E-state index contributed by atoms with van der Waals surface area (Å²) in [6, 6.07) is 4.73. The van der Waals surface area contributed by atoms with Crippen LogP contribution in [-0.2, 0) is 0 Å². The van der Waals surface area contributed by atoms with Crippen LogP contribution in [0.3, 0.4) is 0 Å². The highest BCUT2D eigenvalue weighted by molar-refractivity contribution is 9.10. The zero-order valence-corrected chi connectivity index (χ0v) is 12.6. The van der Waals surface area contributed by atoms with Crippen molar-refractivity contribution in [1.29, 1.82) is 0 Å². The Morgan fingerprint density at radius 3 is 2.62 bits per heavy atom. The maximum absolute atomic E-state index is 13.5. The van der Waals surface area contributed by atoms with E-state index >= 15 is 0 Å². The van der Waals surface area contributed by atoms with E-state index in [4.69, 9.17) is 16.7 Å². The van der Waals surface area contributed by atoms with Gasteiger partial charge < -0.3 is 10.4 Å². The average molecular weight is 374 g/mol. The molecule has 0 fully saturated rings. The largest absolute Gasteiger partial charge is 0.478 e. The van der Waals surface area contributed by atoms with Crippen molar-refractivity contribution >= 4 is 45.1 Å². The summed E-state index contributed by atoms with van der Waals surface area (Å²) in [6.07, 6.45) is 1.43. The normalized spacial score (nSPS) is 10.2. The molecule has 0 aliphatic heterocycles. The number of carboxylic acid groups (broad SMARTS) is 1. The summed E-state index contributed by atoms with van der Waals surface area (Å²) in [4.78, 5) is 26.5. The van der Waals surface area contributed by atoms with Gasteiger partial charge in [0.15, 0.2) is 0 Å². The number of aromatic carboxylic acids is 1. The second kappa shape index (κ2) is 6.19. The van der Waals surface area contributed by atoms with Crippen LogP contribution in [0.15, 0.2) is 34.9 Å². The first-order valence-corrected chi connectivity index (χ1v) is 6.71. The van der Waals surface area contributed by atoms with Crippen molar-refractivity contribution in [2.24, 2.45) is 0 Å². The predicted molar refractivity (Wildman–Crippen MR) is 78.3 cm³/mol. The van der Waals surface area contributed by atoms with E-state index in [0.29, 0.717) is 4.47 Å². The minimum absolute atomic E-state index is 0.00155. The summed E-state index contributed by atoms with van der Waals surface area (Å²) >= 11 is 8.97. The number of rotatable bonds is 3. The highest BCUT2D eigenvalue weighted by atomic mass is 79.9. The fraction of sp³-hybridized carbons (Fsp3) is 0. The van der Waals surface area contributed by atoms with Gasteiger partial charge in [-0.1, -0.05) is 11.6 Å². The lowest BCUT2D eigenvalue weighted by Crippen LogP contribution is -2.13. The zero-order chi connectivity index (χ0) is 15.6. The van der Waals surface area contributed by atoms with Gasteiger partial charge in [-0.2, -0.15) is 0 Å². The Labute approximate surface area is 131 Å². The van der Waals surface area contributed by atoms with Gasteiger partial charge in [0.1, 0.15) is 11.0 Å². The van der Waals surface area contributed by atoms with Crippen LogP contribution in [0.5, 0.6) is 0 Å². The molecule has 0 atom stereocenters. The minimum Gasteiger partial charge on any atom is -0.478 e. The molecule has 5 nitrogen and oxygen atoms in total. The van der Waals surface area contributed by atoms with Crippen molar-refractivity contribution in [2.45, 2.75) is 0 Å². The molecule has 0 unspecified atom stereocenters. The van der Waals surface area contributed by atoms with Crippen LogP contribution in [0.4, 0.5) is 10.1 Å². The number of amides is 1. The molecular formula is C13H7BrClFN2O3. The molecule has 0 saturated carbocycles. The van der Waals surface area contributed by atoms with E-state index in [0.717, 1.165) is 12.1 Å². The van der Waals surface area contributed by atoms with Gasteiger partial charge >= 0.3 is 5.97 Å². The van der Waals surface area contributed by atoms with Crippen molar-refractivity contribution in [1.82, 2.24) is 4.98 Å². The number of nitrogens with zero attached hydrogens (tertiary/aromatic N) is 1. The van der Waals surface area contributed by atoms with E-state index < -0.39 is 23.3 Å². The van der Waals surface area contributed by atoms with Crippen molar-refractivity contribution in [3.05, 3.63) is 57.0 Å². The summed E-state index contributed by atoms with van der Waals surface area (Å²) in [5.41, 5.74) is -0.262. The number of aromatic nitrogens is 1. The molecule has 0 spiro atoms. The summed E-state index contributed by atoms with van der Waals surface area (Å²) in [7, 11) is 0. The third-order valence-corrected chi connectivity index (χ3v) is 3.24. The molecule has 108 valence electrons. The van der Waals surface area contributed by atoms with Crippen molar-refractivity contribution in [2.75, 3.05) is 5.32 Å². The molecular weight excluding hydrogens is 367 g/mol. The smallest absolute Gasteiger partial charge is 0.338 e. The molecule has 0 bridgehead atoms. The number of halogens is 3. The fourth-order valence-corrected chi connectivity index (χ4v) is 2.07. The standard InChI is InChI=1S/C13H7BrClFN2O3/c14-6-3-9(11(15)17-5-6)12(19)18-7-1-2-8(13(20)21)10(16)4-7/h1-5H,(H,18,19)(H,20,21). The van der Waals surface area contributed by atoms with Crippen LogP contribution >= 0.6 is 27.5 Å². The predicted octanol–water partition coefficient (Wildman–Crippen LogP) is 3.59. The van der Waals surface area contributed by atoms with E-state index in [-0.39, 0.29) is 16.4 Å². The third-order valence-electron chi connectivity index (χ3n) is 2.51. The molecule has 2 N–H and O–H groups in total. The number of carbonyl (C=O) groups is 2. The summed E-state index contributed by atoms with van der Waals surface area (Å²) in [5.74, 6) is -2.92. The summed E-state index contributed by atoms with van der Waals surface area (Å²) < 4.78 is 14.1. The topological polar surface area (TPSA) is 79.3 Å². The Morgan fingerprint density at radius 1 is 1.29 bits per heavy atom. The molecule has 1 amide bonds. The van der Waals surface area contributed by atoms with Gasteiger partial charge in [-0.3, -0.25) is 4.79 Å². The molecule has 2 aromatic rings. The summed E-state index contributed by atoms with van der Waals surface area (Å²) in [6.45, 7) is 0. The van der Waals surface area contributed by atoms with Crippen LogP contribution in [-0.4, -0.2) is 22.0 Å². The maximum Gasteiger partial charge on any atom is 0.338 e. The van der Waals surface area contributed by atoms with E-state index in [9.17, 15) is 14.0 Å². The highest BCUT2D eigenvalue weighted by Gasteiger charge is 2.15. The first kappa shape index (κ1) is 15.4. The lowest BCUT2D eigenvalue weighted by atomic mass is 10.2. The Balaban J connectivity index is 2.26. The molecule has 0 aliphatic rings. The number of hydrogen-bond donors (Lipinski definition) is 2. The lowest BCUT2D eigenvalue weighted by Gasteiger charge is -2.07. The number of carboxylic acids is 1. The van der Waals surface area contributed by atoms with Gasteiger partial charge in [0.05, 0.1) is 11.1 Å². The third kappa shape index (κ3) is 3.56. The minimum atomic E-state index is -1.38. The van der Waals surface area contributed by atoms with Crippen molar-refractivity contribution in [3.63, 3.8) is 0 Å². The Morgan fingerprint density at radius 2 is 2.00 bits per heavy atom. The van der Waals surface area contributed by atoms with E-state index in [1.165, 1.54) is 18.3 Å². The molecule has 0 saturated heterocycles. The van der Waals surface area contributed by atoms with Gasteiger partial charge in [0.25, 0.3) is 5.91 Å². The number of carbonyl (C=O) groups excluding carboxylic acids is 1. The van der Waals surface area contributed by atoms with Crippen LogP contribution in [0.2, 0.25) is 5.15 Å². The SMILES string of the molecule is O=C(O)c1ccc(NC(=O)c2cc(Br)cnc2Cl)cc1F. The highest BCUT2D eigenvalue weighted by Crippen LogP contribution is 2.20. The number of hydrogen-bond acceptors (Lipinski definition) is 3. The number of benzene rings is 1. The second-order valence-corrected chi connectivity index (χ2v) is 5.22. The Hall–Kier alpha value is -1.99. The van der Waals surface area contributed by atoms with E-state index in [1.54, 1.807) is 0 Å². The second-order valence-electron chi connectivity index (χ2n) is 3.95. The number of nitrogens with one attached hydrogen (secondary N) is 1. The Kier molecular flexibility index (Phi) is 4.54. The zero-order valence-electron chi connectivity index (χ0n) is 10.2. The first-order chi connectivity index (χ1) is 9.88. The maximum atomic E-state index is 13.5. The molecule has 0 aliphatic carbocycles. The van der Waals surface area contributed by atoms with E-state index in [1.807, 2.05) is 0 Å². The molecule has 1 aromatic carbocycles. The Bertz CT molecular complexity index is 739. The molecule has 2 rings (SSSR count). The monoisotopic (exact) mass is 372 g/mol. The fourth-order valence-electron chi connectivity index (χ4n) is 1.55. The van der Waals surface area contributed by atoms with E-state index in [2.05, 4.69) is 26.2 Å². The van der Waals surface area contributed by atoms with Gasteiger partial charge in [-0.05, 0) is 40.2 Å². The molecule has 21 heavy (non-hydrogen) atoms. The van der Waals surface area contributed by atoms with Crippen LogP contribution in [0.1, 0.15) is 20.7 Å². The average Bonchev–Trinajstić information content (AvgIpc) is 2.41. The van der Waals surface area contributed by atoms with Crippen LogP contribution in [0.25, 0.3) is 0 Å². The van der Waals surface area contributed by atoms with Crippen molar-refractivity contribution < 1.29 is 19.1 Å². The molecule has 0 radical (unpaired) electrons. The van der Waals surface area contributed by atoms with Gasteiger partial charge in [-0.25, -0.2) is 14.2 Å². The molecule has 8 heteroatoms.